The van der Waals surface area contributed by atoms with Crippen LogP contribution in [0.1, 0.15) is 36.5 Å². The SMILES string of the molecule is CCS(=O)(=O)c1ccc(NC(=O)OC[C@H](C)c2ccccc2C)cc1CN(C)C(=O)CNc1ccc2c(N)ncc(F)c2c1. The number of rotatable bonds is 11. The second kappa shape index (κ2) is 13.7. The van der Waals surface area contributed by atoms with E-state index in [-0.39, 0.29) is 53.4 Å². The molecule has 232 valence electrons. The van der Waals surface area contributed by atoms with Crippen molar-refractivity contribution in [3.05, 3.63) is 89.4 Å². The van der Waals surface area contributed by atoms with E-state index >= 15 is 0 Å². The van der Waals surface area contributed by atoms with Gasteiger partial charge < -0.3 is 20.7 Å². The van der Waals surface area contributed by atoms with Crippen LogP contribution < -0.4 is 16.4 Å². The Morgan fingerprint density at radius 2 is 1.80 bits per heavy atom. The molecule has 4 rings (SSSR count). The van der Waals surface area contributed by atoms with E-state index in [0.717, 1.165) is 17.3 Å². The zero-order valence-corrected chi connectivity index (χ0v) is 25.9. The lowest BCUT2D eigenvalue weighted by molar-refractivity contribution is -0.128. The summed E-state index contributed by atoms with van der Waals surface area (Å²) in [7, 11) is -2.09. The van der Waals surface area contributed by atoms with Crippen LogP contribution in [-0.4, -0.2) is 56.3 Å². The number of pyridine rings is 1. The predicted molar refractivity (Wildman–Crippen MR) is 170 cm³/mol. The molecule has 1 heterocycles. The molecule has 0 aliphatic rings. The van der Waals surface area contributed by atoms with E-state index in [1.165, 1.54) is 36.1 Å². The fourth-order valence-corrected chi connectivity index (χ4v) is 5.93. The number of hydrogen-bond donors (Lipinski definition) is 3. The predicted octanol–water partition coefficient (Wildman–Crippen LogP) is 5.48. The van der Waals surface area contributed by atoms with Gasteiger partial charge in [-0.05, 0) is 60.0 Å². The van der Waals surface area contributed by atoms with Gasteiger partial charge in [-0.15, -0.1) is 0 Å². The van der Waals surface area contributed by atoms with Crippen LogP contribution in [0.3, 0.4) is 0 Å². The zero-order valence-electron chi connectivity index (χ0n) is 25.1. The number of carbonyl (C=O) groups excluding carboxylic acids is 2. The van der Waals surface area contributed by atoms with E-state index in [1.54, 1.807) is 19.2 Å². The van der Waals surface area contributed by atoms with Crippen LogP contribution in [-0.2, 0) is 25.9 Å². The van der Waals surface area contributed by atoms with Crippen molar-refractivity contribution in [2.45, 2.75) is 38.1 Å². The number of halogens is 1. The van der Waals surface area contributed by atoms with E-state index in [0.29, 0.717) is 22.3 Å². The molecule has 3 aromatic carbocycles. The van der Waals surface area contributed by atoms with E-state index in [2.05, 4.69) is 15.6 Å². The minimum absolute atomic E-state index is 0.0216. The quantitative estimate of drug-likeness (QED) is 0.200. The van der Waals surface area contributed by atoms with Crippen LogP contribution in [0.2, 0.25) is 0 Å². The number of aromatic nitrogens is 1. The standard InChI is InChI=1S/C32H36FN5O5S/c1-5-44(41,42)29-13-11-24(37-32(40)43-19-21(3)25-9-7-6-8-20(25)2)14-22(29)18-38(4)30(39)17-35-23-10-12-26-27(15-23)28(33)16-36-31(26)34/h6-16,21,35H,5,17-19H2,1-4H3,(H2,34,36)(H,37,40)/t21-/m0/s1. The first kappa shape index (κ1) is 32.2. The summed E-state index contributed by atoms with van der Waals surface area (Å²) in [6.45, 7) is 5.47. The number of aryl methyl sites for hydroxylation is 1. The molecular weight excluding hydrogens is 585 g/mol. The van der Waals surface area contributed by atoms with Crippen molar-refractivity contribution < 1.29 is 27.1 Å². The third-order valence-corrected chi connectivity index (χ3v) is 9.18. The van der Waals surface area contributed by atoms with Gasteiger partial charge in [0.25, 0.3) is 0 Å². The average Bonchev–Trinajstić information content (AvgIpc) is 3.00. The Hall–Kier alpha value is -4.71. The molecule has 0 spiro atoms. The van der Waals surface area contributed by atoms with Crippen LogP contribution in [0.15, 0.2) is 71.8 Å². The third-order valence-electron chi connectivity index (χ3n) is 7.35. The summed E-state index contributed by atoms with van der Waals surface area (Å²) in [6, 6.07) is 17.1. The van der Waals surface area contributed by atoms with Gasteiger partial charge in [0.1, 0.15) is 11.6 Å². The van der Waals surface area contributed by atoms with Gasteiger partial charge in [0.15, 0.2) is 9.84 Å². The van der Waals surface area contributed by atoms with Gasteiger partial charge in [0.05, 0.1) is 30.0 Å². The summed E-state index contributed by atoms with van der Waals surface area (Å²) >= 11 is 0. The molecule has 44 heavy (non-hydrogen) atoms. The number of carbonyl (C=O) groups is 2. The molecule has 0 fully saturated rings. The van der Waals surface area contributed by atoms with Crippen molar-refractivity contribution in [3.8, 4) is 0 Å². The van der Waals surface area contributed by atoms with Crippen molar-refractivity contribution in [2.75, 3.05) is 42.3 Å². The lowest BCUT2D eigenvalue weighted by atomic mass is 9.97. The number of nitrogen functional groups attached to an aromatic ring is 1. The second-order valence-electron chi connectivity index (χ2n) is 10.6. The number of amides is 2. The molecule has 4 N–H and O–H groups in total. The topological polar surface area (TPSA) is 144 Å². The van der Waals surface area contributed by atoms with Crippen LogP contribution in [0.5, 0.6) is 0 Å². The van der Waals surface area contributed by atoms with Gasteiger partial charge in [0, 0.05) is 41.7 Å². The fraction of sp³-hybridized carbons (Fsp3) is 0.281. The summed E-state index contributed by atoms with van der Waals surface area (Å²) in [4.78, 5) is 30.8. The van der Waals surface area contributed by atoms with Crippen LogP contribution >= 0.6 is 0 Å². The Morgan fingerprint density at radius 3 is 2.52 bits per heavy atom. The molecule has 0 saturated carbocycles. The maximum atomic E-state index is 14.2. The minimum atomic E-state index is -3.63. The first-order valence-electron chi connectivity index (χ1n) is 14.1. The molecule has 0 bridgehead atoms. The lowest BCUT2D eigenvalue weighted by Crippen LogP contribution is -2.32. The highest BCUT2D eigenvalue weighted by Crippen LogP contribution is 2.26. The molecule has 12 heteroatoms. The van der Waals surface area contributed by atoms with Gasteiger partial charge in [-0.1, -0.05) is 38.1 Å². The first-order valence-corrected chi connectivity index (χ1v) is 15.7. The van der Waals surface area contributed by atoms with E-state index in [4.69, 9.17) is 10.5 Å². The van der Waals surface area contributed by atoms with Crippen molar-refractivity contribution in [1.29, 1.82) is 0 Å². The highest BCUT2D eigenvalue weighted by atomic mass is 32.2. The minimum Gasteiger partial charge on any atom is -0.449 e. The molecular formula is C32H36FN5O5S. The molecule has 1 aromatic heterocycles. The zero-order chi connectivity index (χ0) is 32.0. The molecule has 0 unspecified atom stereocenters. The highest BCUT2D eigenvalue weighted by molar-refractivity contribution is 7.91. The molecule has 1 atom stereocenters. The molecule has 0 aliphatic heterocycles. The largest absolute Gasteiger partial charge is 0.449 e. The Bertz CT molecular complexity index is 1800. The van der Waals surface area contributed by atoms with Crippen molar-refractivity contribution >= 4 is 49.8 Å². The normalized spacial score (nSPS) is 12.0. The molecule has 0 saturated heterocycles. The summed E-state index contributed by atoms with van der Waals surface area (Å²) in [6.07, 6.45) is 0.359. The summed E-state index contributed by atoms with van der Waals surface area (Å²) in [5.74, 6) is -0.842. The number of anilines is 3. The summed E-state index contributed by atoms with van der Waals surface area (Å²) in [5.41, 5.74) is 9.17. The van der Waals surface area contributed by atoms with Gasteiger partial charge in [-0.3, -0.25) is 10.1 Å². The van der Waals surface area contributed by atoms with Crippen LogP contribution in [0.4, 0.5) is 26.4 Å². The number of nitrogens with one attached hydrogen (secondary N) is 2. The monoisotopic (exact) mass is 621 g/mol. The first-order chi connectivity index (χ1) is 20.9. The Labute approximate surface area is 256 Å². The molecule has 0 radical (unpaired) electrons. The molecule has 2 amide bonds. The average molecular weight is 622 g/mol. The van der Waals surface area contributed by atoms with E-state index < -0.39 is 21.7 Å². The van der Waals surface area contributed by atoms with Crippen molar-refractivity contribution in [3.63, 3.8) is 0 Å². The fourth-order valence-electron chi connectivity index (χ4n) is 4.82. The van der Waals surface area contributed by atoms with Crippen molar-refractivity contribution in [1.82, 2.24) is 9.88 Å². The number of likely N-dealkylation sites (N-methyl/N-ethyl adjacent to an activating group) is 1. The van der Waals surface area contributed by atoms with E-state index in [9.17, 15) is 22.4 Å². The molecule has 10 nitrogen and oxygen atoms in total. The van der Waals surface area contributed by atoms with E-state index in [1.807, 2.05) is 38.1 Å². The number of benzene rings is 3. The van der Waals surface area contributed by atoms with Gasteiger partial charge in [-0.2, -0.15) is 0 Å². The van der Waals surface area contributed by atoms with Crippen LogP contribution in [0, 0.1) is 12.7 Å². The van der Waals surface area contributed by atoms with Gasteiger partial charge in [0.2, 0.25) is 5.91 Å². The lowest BCUT2D eigenvalue weighted by Gasteiger charge is -2.21. The van der Waals surface area contributed by atoms with Crippen LogP contribution in [0.25, 0.3) is 10.8 Å². The second-order valence-corrected chi connectivity index (χ2v) is 12.8. The van der Waals surface area contributed by atoms with Crippen molar-refractivity contribution in [2.24, 2.45) is 0 Å². The number of fused-ring (bicyclic) bond motifs is 1. The molecule has 0 aliphatic carbocycles. The Kier molecular flexibility index (Phi) is 10.0. The number of sulfone groups is 1. The summed E-state index contributed by atoms with van der Waals surface area (Å²) in [5, 5.41) is 6.36. The summed E-state index contributed by atoms with van der Waals surface area (Å²) < 4.78 is 45.4. The molecule has 4 aromatic rings. The van der Waals surface area contributed by atoms with Gasteiger partial charge >= 0.3 is 6.09 Å². The Morgan fingerprint density at radius 1 is 1.07 bits per heavy atom. The number of hydrogen-bond acceptors (Lipinski definition) is 8. The van der Waals surface area contributed by atoms with Gasteiger partial charge in [-0.25, -0.2) is 22.6 Å². The maximum Gasteiger partial charge on any atom is 0.411 e. The third kappa shape index (κ3) is 7.62. The maximum absolute atomic E-state index is 14.2. The number of nitrogens with two attached hydrogens (primary N) is 1. The number of ether oxygens (including phenoxy) is 1. The smallest absolute Gasteiger partial charge is 0.411 e. The highest BCUT2D eigenvalue weighted by Gasteiger charge is 2.21. The Balaban J connectivity index is 1.43. The number of nitrogens with zero attached hydrogens (tertiary/aromatic N) is 2.